The molecule has 0 spiro atoms. The van der Waals surface area contributed by atoms with Gasteiger partial charge in [0.1, 0.15) is 6.61 Å². The zero-order valence-corrected chi connectivity index (χ0v) is 16.3. The van der Waals surface area contributed by atoms with Gasteiger partial charge in [0.05, 0.1) is 11.6 Å². The average molecular weight is 388 g/mol. The Hall–Kier alpha value is -3.44. The molecule has 0 saturated heterocycles. The molecule has 0 fully saturated rings. The molecular weight excluding hydrogens is 364 g/mol. The van der Waals surface area contributed by atoms with E-state index in [-0.39, 0.29) is 12.5 Å². The fourth-order valence-corrected chi connectivity index (χ4v) is 2.88. The molecule has 0 saturated carbocycles. The molecule has 0 radical (unpaired) electrons. The number of esters is 1. The van der Waals surface area contributed by atoms with E-state index in [2.05, 4.69) is 5.32 Å². The normalized spacial score (nSPS) is 11.5. The number of hydrogen-bond acceptors (Lipinski definition) is 4. The highest BCUT2D eigenvalue weighted by Crippen LogP contribution is 2.19. The lowest BCUT2D eigenvalue weighted by molar-refractivity contribution is -0.117. The molecule has 1 atom stereocenters. The van der Waals surface area contributed by atoms with Crippen LogP contribution in [0.2, 0.25) is 0 Å². The molecule has 0 aliphatic carbocycles. The molecule has 1 amide bonds. The summed E-state index contributed by atoms with van der Waals surface area (Å²) < 4.78 is 5.36. The highest BCUT2D eigenvalue weighted by molar-refractivity contribution is 5.97. The van der Waals surface area contributed by atoms with Gasteiger partial charge in [0.15, 0.2) is 0 Å². The zero-order valence-electron chi connectivity index (χ0n) is 16.3. The van der Waals surface area contributed by atoms with Crippen molar-refractivity contribution >= 4 is 17.6 Å². The van der Waals surface area contributed by atoms with Crippen molar-refractivity contribution in [3.8, 4) is 0 Å². The van der Waals surface area contributed by atoms with Gasteiger partial charge in [0.2, 0.25) is 5.91 Å². The Morgan fingerprint density at radius 1 is 0.931 bits per heavy atom. The number of anilines is 1. The standard InChI is InChI=1S/C24H24N2O3/c1-17-12-13-20(24(28)29-16-19-10-6-3-7-11-19)15-22(17)26-23(27)21(25)14-18-8-4-2-5-9-18/h2-13,15,21H,14,16,25H2,1H3,(H,26,27)/t21-/m0/s1. The van der Waals surface area contributed by atoms with Crippen molar-refractivity contribution in [1.82, 2.24) is 0 Å². The Balaban J connectivity index is 1.63. The van der Waals surface area contributed by atoms with E-state index in [0.29, 0.717) is 17.7 Å². The summed E-state index contributed by atoms with van der Waals surface area (Å²) in [7, 11) is 0. The third-order valence-electron chi connectivity index (χ3n) is 4.58. The number of nitrogens with two attached hydrogens (primary N) is 1. The quantitative estimate of drug-likeness (QED) is 0.602. The highest BCUT2D eigenvalue weighted by Gasteiger charge is 2.17. The van der Waals surface area contributed by atoms with E-state index in [1.807, 2.05) is 67.6 Å². The van der Waals surface area contributed by atoms with Crippen molar-refractivity contribution in [3.63, 3.8) is 0 Å². The van der Waals surface area contributed by atoms with E-state index in [4.69, 9.17) is 10.5 Å². The smallest absolute Gasteiger partial charge is 0.338 e. The molecule has 148 valence electrons. The number of benzene rings is 3. The van der Waals surface area contributed by atoms with E-state index in [9.17, 15) is 9.59 Å². The summed E-state index contributed by atoms with van der Waals surface area (Å²) in [6, 6.07) is 23.5. The van der Waals surface area contributed by atoms with Crippen LogP contribution < -0.4 is 11.1 Å². The van der Waals surface area contributed by atoms with Crippen molar-refractivity contribution in [2.24, 2.45) is 5.73 Å². The SMILES string of the molecule is Cc1ccc(C(=O)OCc2ccccc2)cc1NC(=O)[C@@H](N)Cc1ccccc1. The van der Waals surface area contributed by atoms with Gasteiger partial charge in [-0.05, 0) is 42.2 Å². The van der Waals surface area contributed by atoms with Gasteiger partial charge in [-0.3, -0.25) is 4.79 Å². The lowest BCUT2D eigenvalue weighted by Gasteiger charge is -2.15. The predicted octanol–water partition coefficient (Wildman–Crippen LogP) is 3.86. The number of rotatable bonds is 7. The van der Waals surface area contributed by atoms with Crippen LogP contribution >= 0.6 is 0 Å². The maximum absolute atomic E-state index is 12.5. The molecule has 5 nitrogen and oxygen atoms in total. The molecule has 3 aromatic rings. The molecule has 3 N–H and O–H groups in total. The van der Waals surface area contributed by atoms with E-state index in [1.165, 1.54) is 0 Å². The molecule has 5 heteroatoms. The van der Waals surface area contributed by atoms with E-state index in [0.717, 1.165) is 16.7 Å². The van der Waals surface area contributed by atoms with Gasteiger partial charge in [-0.1, -0.05) is 66.7 Å². The molecule has 0 aromatic heterocycles. The van der Waals surface area contributed by atoms with Crippen LogP contribution in [0.1, 0.15) is 27.0 Å². The third-order valence-corrected chi connectivity index (χ3v) is 4.58. The summed E-state index contributed by atoms with van der Waals surface area (Å²) in [5.74, 6) is -0.746. The summed E-state index contributed by atoms with van der Waals surface area (Å²) in [5, 5.41) is 2.83. The largest absolute Gasteiger partial charge is 0.457 e. The number of hydrogen-bond donors (Lipinski definition) is 2. The van der Waals surface area contributed by atoms with Gasteiger partial charge in [0, 0.05) is 5.69 Å². The van der Waals surface area contributed by atoms with Crippen molar-refractivity contribution in [2.45, 2.75) is 26.0 Å². The molecular formula is C24H24N2O3. The summed E-state index contributed by atoms with van der Waals surface area (Å²) in [4.78, 5) is 24.9. The van der Waals surface area contributed by atoms with E-state index < -0.39 is 12.0 Å². The molecule has 0 aliphatic rings. The molecule has 0 bridgehead atoms. The summed E-state index contributed by atoms with van der Waals surface area (Å²) in [6.07, 6.45) is 0.435. The van der Waals surface area contributed by atoms with Gasteiger partial charge >= 0.3 is 5.97 Å². The second kappa shape index (κ2) is 9.66. The van der Waals surface area contributed by atoms with Crippen molar-refractivity contribution in [3.05, 3.63) is 101 Å². The number of aryl methyl sites for hydroxylation is 1. The Morgan fingerprint density at radius 2 is 1.55 bits per heavy atom. The summed E-state index contributed by atoms with van der Waals surface area (Å²) in [6.45, 7) is 2.05. The number of nitrogens with one attached hydrogen (secondary N) is 1. The molecule has 0 aliphatic heterocycles. The lowest BCUT2D eigenvalue weighted by Crippen LogP contribution is -2.37. The van der Waals surface area contributed by atoms with Crippen LogP contribution in [0.4, 0.5) is 5.69 Å². The van der Waals surface area contributed by atoms with Gasteiger partial charge in [0.25, 0.3) is 0 Å². The third kappa shape index (κ3) is 5.77. The summed E-state index contributed by atoms with van der Waals surface area (Å²) >= 11 is 0. The van der Waals surface area contributed by atoms with Gasteiger partial charge < -0.3 is 15.8 Å². The maximum Gasteiger partial charge on any atom is 0.338 e. The minimum atomic E-state index is -0.689. The lowest BCUT2D eigenvalue weighted by atomic mass is 10.1. The number of carbonyl (C=O) groups is 2. The number of ether oxygens (including phenoxy) is 1. The fourth-order valence-electron chi connectivity index (χ4n) is 2.88. The van der Waals surface area contributed by atoms with Crippen molar-refractivity contribution in [1.29, 1.82) is 0 Å². The number of amides is 1. The van der Waals surface area contributed by atoms with Crippen LogP contribution in [-0.2, 0) is 22.6 Å². The maximum atomic E-state index is 12.5. The van der Waals surface area contributed by atoms with Crippen LogP contribution in [0.3, 0.4) is 0 Å². The number of carbonyl (C=O) groups excluding carboxylic acids is 2. The molecule has 29 heavy (non-hydrogen) atoms. The van der Waals surface area contributed by atoms with Gasteiger partial charge in [-0.2, -0.15) is 0 Å². The minimum Gasteiger partial charge on any atom is -0.457 e. The first-order chi connectivity index (χ1) is 14.0. The first kappa shape index (κ1) is 20.3. The van der Waals surface area contributed by atoms with Crippen molar-refractivity contribution < 1.29 is 14.3 Å². The highest BCUT2D eigenvalue weighted by atomic mass is 16.5. The monoisotopic (exact) mass is 388 g/mol. The van der Waals surface area contributed by atoms with Crippen LogP contribution in [0.5, 0.6) is 0 Å². The molecule has 3 aromatic carbocycles. The zero-order chi connectivity index (χ0) is 20.6. The predicted molar refractivity (Wildman–Crippen MR) is 113 cm³/mol. The first-order valence-corrected chi connectivity index (χ1v) is 9.45. The van der Waals surface area contributed by atoms with Crippen LogP contribution in [-0.4, -0.2) is 17.9 Å². The van der Waals surface area contributed by atoms with Crippen LogP contribution in [0.25, 0.3) is 0 Å². The summed E-state index contributed by atoms with van der Waals surface area (Å²) in [5.41, 5.74) is 9.72. The molecule has 3 rings (SSSR count). The first-order valence-electron chi connectivity index (χ1n) is 9.45. The van der Waals surface area contributed by atoms with Crippen LogP contribution in [0, 0.1) is 6.92 Å². The molecule has 0 unspecified atom stereocenters. The Bertz CT molecular complexity index is 972. The topological polar surface area (TPSA) is 81.4 Å². The van der Waals surface area contributed by atoms with Crippen LogP contribution in [0.15, 0.2) is 78.9 Å². The van der Waals surface area contributed by atoms with Crippen molar-refractivity contribution in [2.75, 3.05) is 5.32 Å². The Morgan fingerprint density at radius 3 is 2.21 bits per heavy atom. The van der Waals surface area contributed by atoms with Gasteiger partial charge in [-0.15, -0.1) is 0 Å². The Labute approximate surface area is 170 Å². The minimum absolute atomic E-state index is 0.192. The van der Waals surface area contributed by atoms with E-state index >= 15 is 0 Å². The second-order valence-electron chi connectivity index (χ2n) is 6.88. The Kier molecular flexibility index (Phi) is 6.76. The van der Waals surface area contributed by atoms with E-state index in [1.54, 1.807) is 18.2 Å². The fraction of sp³-hybridized carbons (Fsp3) is 0.167. The molecule has 0 heterocycles. The second-order valence-corrected chi connectivity index (χ2v) is 6.88. The average Bonchev–Trinajstić information content (AvgIpc) is 2.75. The van der Waals surface area contributed by atoms with Gasteiger partial charge in [-0.25, -0.2) is 4.79 Å².